The molecule has 1 aliphatic carbocycles. The van der Waals surface area contributed by atoms with Gasteiger partial charge in [0.15, 0.2) is 0 Å². The third-order valence-corrected chi connectivity index (χ3v) is 3.45. The number of carboxylic acids is 1. The molecule has 19 heavy (non-hydrogen) atoms. The van der Waals surface area contributed by atoms with E-state index in [9.17, 15) is 9.59 Å². The first-order valence-electron chi connectivity index (χ1n) is 6.28. The summed E-state index contributed by atoms with van der Waals surface area (Å²) in [5, 5.41) is 10.3. The summed E-state index contributed by atoms with van der Waals surface area (Å²) in [6, 6.07) is 6.30. The summed E-state index contributed by atoms with van der Waals surface area (Å²) < 4.78 is 0. The molecule has 0 unspecified atom stereocenters. The van der Waals surface area contributed by atoms with Crippen LogP contribution in [0.3, 0.4) is 0 Å². The Morgan fingerprint density at radius 1 is 1.26 bits per heavy atom. The molecule has 0 saturated carbocycles. The van der Waals surface area contributed by atoms with Gasteiger partial charge < -0.3 is 5.11 Å². The highest BCUT2D eigenvalue weighted by Crippen LogP contribution is 2.32. The van der Waals surface area contributed by atoms with Crippen LogP contribution in [0.25, 0.3) is 0 Å². The van der Waals surface area contributed by atoms with Gasteiger partial charge in [-0.15, -0.1) is 0 Å². The molecule has 1 aromatic carbocycles. The van der Waals surface area contributed by atoms with Crippen molar-refractivity contribution in [3.63, 3.8) is 0 Å². The van der Waals surface area contributed by atoms with Gasteiger partial charge in [-0.2, -0.15) is 10.4 Å². The lowest BCUT2D eigenvalue weighted by Crippen LogP contribution is -2.31. The van der Waals surface area contributed by atoms with E-state index in [0.29, 0.717) is 5.69 Å². The van der Waals surface area contributed by atoms with Gasteiger partial charge in [-0.05, 0) is 43.9 Å². The molecule has 1 heterocycles. The minimum absolute atomic E-state index is 0.114. The zero-order valence-electron chi connectivity index (χ0n) is 10.3. The van der Waals surface area contributed by atoms with Crippen molar-refractivity contribution in [1.82, 2.24) is 5.43 Å². The Bertz CT molecular complexity index is 592. The minimum Gasteiger partial charge on any atom is -0.478 e. The Balaban J connectivity index is 1.91. The highest BCUT2D eigenvalue weighted by Gasteiger charge is 2.34. The average Bonchev–Trinajstić information content (AvgIpc) is 2.77. The molecule has 1 aromatic rings. The third-order valence-electron chi connectivity index (χ3n) is 3.45. The zero-order valence-corrected chi connectivity index (χ0v) is 10.3. The summed E-state index contributed by atoms with van der Waals surface area (Å²) in [5.41, 5.74) is 6.65. The van der Waals surface area contributed by atoms with E-state index >= 15 is 0 Å². The molecule has 3 rings (SSSR count). The summed E-state index contributed by atoms with van der Waals surface area (Å²) >= 11 is 0. The highest BCUT2D eigenvalue weighted by atomic mass is 16.4. The van der Waals surface area contributed by atoms with Gasteiger partial charge >= 0.3 is 5.97 Å². The monoisotopic (exact) mass is 257 g/mol. The lowest BCUT2D eigenvalue weighted by Gasteiger charge is -2.15. The highest BCUT2D eigenvalue weighted by molar-refractivity contribution is 6.08. The molecule has 1 N–H and O–H groups in total. The summed E-state index contributed by atoms with van der Waals surface area (Å²) in [7, 11) is 0. The molecule has 2 aliphatic rings. The fraction of sp³-hybridized carbons (Fsp3) is 0.286. The van der Waals surface area contributed by atoms with Crippen LogP contribution in [0, 0.1) is 0 Å². The molecule has 97 valence electrons. The molecule has 0 spiro atoms. The summed E-state index contributed by atoms with van der Waals surface area (Å²) in [4.78, 5) is 23.2. The number of carboxylic acid groups (broad SMARTS) is 1. The van der Waals surface area contributed by atoms with Crippen molar-refractivity contribution in [2.75, 3.05) is 5.01 Å². The lowest BCUT2D eigenvalue weighted by atomic mass is 9.97. The van der Waals surface area contributed by atoms with Crippen molar-refractivity contribution in [3.8, 4) is 0 Å². The van der Waals surface area contributed by atoms with E-state index < -0.39 is 5.97 Å². The van der Waals surface area contributed by atoms with E-state index in [1.54, 1.807) is 12.1 Å². The van der Waals surface area contributed by atoms with Crippen LogP contribution in [-0.2, 0) is 4.79 Å². The van der Waals surface area contributed by atoms with Crippen molar-refractivity contribution in [1.29, 1.82) is 0 Å². The van der Waals surface area contributed by atoms with Crippen LogP contribution in [-0.4, -0.2) is 17.0 Å². The van der Waals surface area contributed by atoms with Gasteiger partial charge in [-0.1, -0.05) is 6.07 Å². The molecule has 5 heteroatoms. The molecule has 0 atom stereocenters. The number of hydrogen-bond donors (Lipinski definition) is 1. The average molecular weight is 257 g/mol. The molecule has 0 saturated heterocycles. The molecule has 1 radical (unpaired) electrons. The van der Waals surface area contributed by atoms with Gasteiger partial charge in [-0.3, -0.25) is 4.79 Å². The number of nitrogens with zero attached hydrogens (tertiary/aromatic N) is 2. The first-order chi connectivity index (χ1) is 9.16. The normalized spacial score (nSPS) is 18.3. The van der Waals surface area contributed by atoms with Crippen LogP contribution in [0.15, 0.2) is 35.5 Å². The van der Waals surface area contributed by atoms with E-state index in [0.717, 1.165) is 37.0 Å². The maximum atomic E-state index is 12.2. The van der Waals surface area contributed by atoms with Crippen molar-refractivity contribution >= 4 is 17.6 Å². The van der Waals surface area contributed by atoms with Crippen molar-refractivity contribution in [2.24, 2.45) is 0 Å². The molecule has 5 nitrogen and oxygen atoms in total. The summed E-state index contributed by atoms with van der Waals surface area (Å²) in [6.07, 6.45) is 3.67. The van der Waals surface area contributed by atoms with Gasteiger partial charge in [0.1, 0.15) is 0 Å². The number of allylic oxidation sites excluding steroid dienone is 1. The van der Waals surface area contributed by atoms with E-state index in [-0.39, 0.29) is 11.5 Å². The fourth-order valence-corrected chi connectivity index (χ4v) is 2.47. The predicted molar refractivity (Wildman–Crippen MR) is 68.5 cm³/mol. The number of rotatable bonds is 2. The number of carbonyl (C=O) groups is 2. The van der Waals surface area contributed by atoms with Crippen molar-refractivity contribution in [3.05, 3.63) is 41.1 Å². The van der Waals surface area contributed by atoms with Gasteiger partial charge in [0, 0.05) is 5.57 Å². The Morgan fingerprint density at radius 3 is 2.79 bits per heavy atom. The second kappa shape index (κ2) is 4.42. The van der Waals surface area contributed by atoms with E-state index in [1.807, 2.05) is 0 Å². The van der Waals surface area contributed by atoms with Gasteiger partial charge in [-0.25, -0.2) is 4.79 Å². The Hall–Kier alpha value is -2.30. The van der Waals surface area contributed by atoms with Crippen molar-refractivity contribution < 1.29 is 14.7 Å². The van der Waals surface area contributed by atoms with Crippen LogP contribution in [0.5, 0.6) is 0 Å². The SMILES string of the molecule is O=C(O)c1cccc(N2[N]C3=C(CCCC3)C2=O)c1. The molecule has 0 aromatic heterocycles. The predicted octanol–water partition coefficient (Wildman–Crippen LogP) is 2.08. The third kappa shape index (κ3) is 1.97. The van der Waals surface area contributed by atoms with Gasteiger partial charge in [0.2, 0.25) is 0 Å². The standard InChI is InChI=1S/C14H13N2O3/c17-13-11-6-1-2-7-12(11)15-16(13)10-5-3-4-9(8-10)14(18)19/h3-5,8H,1-2,6-7H2,(H,18,19). The van der Waals surface area contributed by atoms with Crippen LogP contribution < -0.4 is 10.4 Å². The summed E-state index contributed by atoms with van der Waals surface area (Å²) in [6.45, 7) is 0. The zero-order chi connectivity index (χ0) is 13.4. The smallest absolute Gasteiger partial charge is 0.335 e. The molecular weight excluding hydrogens is 244 g/mol. The van der Waals surface area contributed by atoms with Crippen LogP contribution in [0.1, 0.15) is 36.0 Å². The number of carbonyl (C=O) groups excluding carboxylic acids is 1. The maximum absolute atomic E-state index is 12.2. The Labute approximate surface area is 110 Å². The molecule has 0 bridgehead atoms. The number of aromatic carboxylic acids is 1. The van der Waals surface area contributed by atoms with Crippen molar-refractivity contribution in [2.45, 2.75) is 25.7 Å². The van der Waals surface area contributed by atoms with E-state index in [1.165, 1.54) is 17.1 Å². The minimum atomic E-state index is -1.01. The largest absolute Gasteiger partial charge is 0.478 e. The number of amides is 1. The number of anilines is 1. The van der Waals surface area contributed by atoms with E-state index in [2.05, 4.69) is 5.43 Å². The van der Waals surface area contributed by atoms with E-state index in [4.69, 9.17) is 5.11 Å². The van der Waals surface area contributed by atoms with Crippen LogP contribution in [0.2, 0.25) is 0 Å². The topological polar surface area (TPSA) is 71.7 Å². The first-order valence-corrected chi connectivity index (χ1v) is 6.28. The molecule has 1 amide bonds. The van der Waals surface area contributed by atoms with Gasteiger partial charge in [0.25, 0.3) is 5.91 Å². The molecular formula is C14H13N2O3. The maximum Gasteiger partial charge on any atom is 0.335 e. The quantitative estimate of drug-likeness (QED) is 0.881. The summed E-state index contributed by atoms with van der Waals surface area (Å²) in [5.74, 6) is -1.12. The second-order valence-corrected chi connectivity index (χ2v) is 4.70. The van der Waals surface area contributed by atoms with Crippen LogP contribution in [0.4, 0.5) is 5.69 Å². The lowest BCUT2D eigenvalue weighted by molar-refractivity contribution is -0.115. The number of benzene rings is 1. The van der Waals surface area contributed by atoms with Crippen LogP contribution >= 0.6 is 0 Å². The number of hydrogen-bond acceptors (Lipinski definition) is 2. The Morgan fingerprint density at radius 2 is 2.05 bits per heavy atom. The molecule has 0 fully saturated rings. The fourth-order valence-electron chi connectivity index (χ4n) is 2.47. The first kappa shape index (κ1) is 11.8. The Kier molecular flexibility index (Phi) is 2.74. The second-order valence-electron chi connectivity index (χ2n) is 4.70. The molecule has 1 aliphatic heterocycles. The van der Waals surface area contributed by atoms with Gasteiger partial charge in [0.05, 0.1) is 16.9 Å².